The second-order valence-electron chi connectivity index (χ2n) is 8.27. The van der Waals surface area contributed by atoms with Crippen molar-refractivity contribution >= 4 is 5.97 Å². The standard InChI is InChI=1S/C16H28O3/c1-14(2,3)10-13(17)18-12-9-16(6)8-7-11(12)15(4,5)19-16/h11-12H,7-10H2,1-6H3/t11-,12+,16+/m1/s1. The first kappa shape index (κ1) is 14.8. The van der Waals surface area contributed by atoms with Crippen LogP contribution in [0, 0.1) is 11.3 Å². The predicted molar refractivity (Wildman–Crippen MR) is 74.9 cm³/mol. The molecule has 3 atom stereocenters. The van der Waals surface area contributed by atoms with E-state index in [0.717, 1.165) is 19.3 Å². The van der Waals surface area contributed by atoms with Crippen LogP contribution < -0.4 is 0 Å². The van der Waals surface area contributed by atoms with E-state index in [4.69, 9.17) is 9.47 Å². The van der Waals surface area contributed by atoms with E-state index in [2.05, 4.69) is 41.5 Å². The number of ether oxygens (including phenoxy) is 2. The Hall–Kier alpha value is -0.570. The third-order valence-corrected chi connectivity index (χ3v) is 4.43. The fraction of sp³-hybridized carbons (Fsp3) is 0.938. The van der Waals surface area contributed by atoms with Crippen molar-refractivity contribution in [1.82, 2.24) is 0 Å². The highest BCUT2D eigenvalue weighted by atomic mass is 16.6. The highest BCUT2D eigenvalue weighted by Gasteiger charge is 2.54. The van der Waals surface area contributed by atoms with Gasteiger partial charge in [0.05, 0.1) is 17.6 Å². The maximum absolute atomic E-state index is 12.1. The first-order valence-electron chi connectivity index (χ1n) is 7.40. The third kappa shape index (κ3) is 3.31. The molecule has 0 amide bonds. The summed E-state index contributed by atoms with van der Waals surface area (Å²) >= 11 is 0. The molecule has 1 saturated carbocycles. The minimum absolute atomic E-state index is 0.0132. The highest BCUT2D eigenvalue weighted by molar-refractivity contribution is 5.70. The predicted octanol–water partition coefficient (Wildman–Crippen LogP) is 3.70. The average molecular weight is 268 g/mol. The fourth-order valence-corrected chi connectivity index (χ4v) is 3.68. The Morgan fingerprint density at radius 3 is 2.42 bits per heavy atom. The summed E-state index contributed by atoms with van der Waals surface area (Å²) in [5, 5.41) is 0. The van der Waals surface area contributed by atoms with E-state index in [1.165, 1.54) is 0 Å². The zero-order valence-electron chi connectivity index (χ0n) is 13.2. The molecule has 0 aromatic rings. The summed E-state index contributed by atoms with van der Waals surface area (Å²) in [5.41, 5.74) is -0.316. The molecule has 0 unspecified atom stereocenters. The summed E-state index contributed by atoms with van der Waals surface area (Å²) in [6.07, 6.45) is 3.52. The summed E-state index contributed by atoms with van der Waals surface area (Å²) in [7, 11) is 0. The summed E-state index contributed by atoms with van der Waals surface area (Å²) in [5.74, 6) is 0.266. The zero-order valence-corrected chi connectivity index (χ0v) is 13.2. The fourth-order valence-electron chi connectivity index (χ4n) is 3.68. The van der Waals surface area contributed by atoms with Crippen molar-refractivity contribution in [2.24, 2.45) is 11.3 Å². The Morgan fingerprint density at radius 1 is 1.32 bits per heavy atom. The van der Waals surface area contributed by atoms with Gasteiger partial charge in [0.15, 0.2) is 0 Å². The minimum Gasteiger partial charge on any atom is -0.462 e. The lowest BCUT2D eigenvalue weighted by Crippen LogP contribution is -2.60. The summed E-state index contributed by atoms with van der Waals surface area (Å²) in [6.45, 7) is 12.6. The molecule has 1 aliphatic carbocycles. The molecule has 0 N–H and O–H groups in total. The van der Waals surface area contributed by atoms with Gasteiger partial charge in [0.2, 0.25) is 0 Å². The van der Waals surface area contributed by atoms with E-state index >= 15 is 0 Å². The van der Waals surface area contributed by atoms with E-state index in [-0.39, 0.29) is 28.7 Å². The molecule has 0 aromatic heterocycles. The molecule has 3 aliphatic rings. The van der Waals surface area contributed by atoms with Gasteiger partial charge in [-0.25, -0.2) is 0 Å². The van der Waals surface area contributed by atoms with Gasteiger partial charge in [-0.2, -0.15) is 0 Å². The third-order valence-electron chi connectivity index (χ3n) is 4.43. The van der Waals surface area contributed by atoms with Crippen molar-refractivity contribution in [3.8, 4) is 0 Å². The van der Waals surface area contributed by atoms with Crippen LogP contribution in [0.1, 0.15) is 67.2 Å². The topological polar surface area (TPSA) is 35.5 Å². The van der Waals surface area contributed by atoms with Gasteiger partial charge in [0, 0.05) is 12.3 Å². The van der Waals surface area contributed by atoms with E-state index in [0.29, 0.717) is 12.3 Å². The monoisotopic (exact) mass is 268 g/mol. The van der Waals surface area contributed by atoms with Crippen LogP contribution in [0.4, 0.5) is 0 Å². The molecule has 0 radical (unpaired) electrons. The molecule has 19 heavy (non-hydrogen) atoms. The van der Waals surface area contributed by atoms with Crippen molar-refractivity contribution in [1.29, 1.82) is 0 Å². The van der Waals surface area contributed by atoms with Crippen molar-refractivity contribution < 1.29 is 14.3 Å². The van der Waals surface area contributed by atoms with Gasteiger partial charge < -0.3 is 9.47 Å². The normalized spacial score (nSPS) is 37.2. The van der Waals surface area contributed by atoms with Crippen molar-refractivity contribution in [2.75, 3.05) is 0 Å². The molecule has 2 heterocycles. The Labute approximate surface area is 117 Å². The van der Waals surface area contributed by atoms with Crippen molar-refractivity contribution in [3.63, 3.8) is 0 Å². The maximum Gasteiger partial charge on any atom is 0.306 e. The molecule has 110 valence electrons. The van der Waals surface area contributed by atoms with Gasteiger partial charge in [0.25, 0.3) is 0 Å². The molecule has 3 fully saturated rings. The SMILES string of the molecule is CC(C)(C)CC(=O)O[C@H]1C[C@]2(C)CC[C@H]1C(C)(C)O2. The van der Waals surface area contributed by atoms with Gasteiger partial charge >= 0.3 is 5.97 Å². The van der Waals surface area contributed by atoms with Gasteiger partial charge in [-0.1, -0.05) is 20.8 Å². The number of esters is 1. The van der Waals surface area contributed by atoms with E-state index in [9.17, 15) is 4.79 Å². The quantitative estimate of drug-likeness (QED) is 0.716. The van der Waals surface area contributed by atoms with Crippen LogP contribution in [0.2, 0.25) is 0 Å². The molecular formula is C16H28O3. The molecule has 2 bridgehead atoms. The smallest absolute Gasteiger partial charge is 0.306 e. The lowest BCUT2D eigenvalue weighted by molar-refractivity contribution is -0.267. The molecule has 3 rings (SSSR count). The van der Waals surface area contributed by atoms with Crippen LogP contribution in [0.25, 0.3) is 0 Å². The molecule has 2 saturated heterocycles. The van der Waals surface area contributed by atoms with Crippen molar-refractivity contribution in [3.05, 3.63) is 0 Å². The van der Waals surface area contributed by atoms with Crippen LogP contribution in [-0.2, 0) is 14.3 Å². The van der Waals surface area contributed by atoms with Crippen LogP contribution in [0.15, 0.2) is 0 Å². The first-order valence-corrected chi connectivity index (χ1v) is 7.40. The average Bonchev–Trinajstić information content (AvgIpc) is 2.09. The van der Waals surface area contributed by atoms with Gasteiger partial charge in [-0.3, -0.25) is 4.79 Å². The summed E-state index contributed by atoms with van der Waals surface area (Å²) in [4.78, 5) is 12.1. The largest absolute Gasteiger partial charge is 0.462 e. The number of hydrogen-bond donors (Lipinski definition) is 0. The summed E-state index contributed by atoms with van der Waals surface area (Å²) < 4.78 is 12.0. The lowest BCUT2D eigenvalue weighted by atomic mass is 9.67. The van der Waals surface area contributed by atoms with E-state index < -0.39 is 0 Å². The van der Waals surface area contributed by atoms with Gasteiger partial charge in [-0.15, -0.1) is 0 Å². The first-order chi connectivity index (χ1) is 8.51. The van der Waals surface area contributed by atoms with Crippen LogP contribution in [-0.4, -0.2) is 23.3 Å². The Kier molecular flexibility index (Phi) is 3.49. The summed E-state index contributed by atoms with van der Waals surface area (Å²) in [6, 6.07) is 0. The van der Waals surface area contributed by atoms with E-state index in [1.807, 2.05) is 0 Å². The molecule has 0 spiro atoms. The van der Waals surface area contributed by atoms with Gasteiger partial charge in [0.1, 0.15) is 6.10 Å². The van der Waals surface area contributed by atoms with Gasteiger partial charge in [-0.05, 0) is 39.0 Å². The molecule has 0 aromatic carbocycles. The highest BCUT2D eigenvalue weighted by Crippen LogP contribution is 2.50. The second-order valence-corrected chi connectivity index (χ2v) is 8.27. The molecule has 3 heteroatoms. The minimum atomic E-state index is -0.183. The number of carbonyl (C=O) groups excluding carboxylic acids is 1. The molecule has 3 nitrogen and oxygen atoms in total. The molecular weight excluding hydrogens is 240 g/mol. The number of carbonyl (C=O) groups is 1. The number of fused-ring (bicyclic) bond motifs is 3. The number of hydrogen-bond acceptors (Lipinski definition) is 3. The maximum atomic E-state index is 12.1. The number of rotatable bonds is 2. The zero-order chi connectivity index (χ0) is 14.5. The van der Waals surface area contributed by atoms with Crippen LogP contribution >= 0.6 is 0 Å². The van der Waals surface area contributed by atoms with Crippen LogP contribution in [0.3, 0.4) is 0 Å². The second kappa shape index (κ2) is 4.47. The Morgan fingerprint density at radius 2 is 1.95 bits per heavy atom. The van der Waals surface area contributed by atoms with E-state index in [1.54, 1.807) is 0 Å². The molecule has 2 aliphatic heterocycles. The Bertz CT molecular complexity index is 364. The van der Waals surface area contributed by atoms with Crippen LogP contribution in [0.5, 0.6) is 0 Å². The van der Waals surface area contributed by atoms with Crippen molar-refractivity contribution in [2.45, 2.75) is 84.5 Å². The Balaban J connectivity index is 2.04. The lowest BCUT2D eigenvalue weighted by Gasteiger charge is -2.56.